The largest absolute Gasteiger partial charge is 0.478 e. The van der Waals surface area contributed by atoms with E-state index in [1.54, 1.807) is 41.9 Å². The van der Waals surface area contributed by atoms with Gasteiger partial charge in [0, 0.05) is 17.8 Å². The van der Waals surface area contributed by atoms with Crippen molar-refractivity contribution in [2.45, 2.75) is 6.10 Å². The number of fused-ring (bicyclic) bond motifs is 2. The lowest BCUT2D eigenvalue weighted by molar-refractivity contribution is 0.276. The SMILES string of the molecule is N#Cc1ccc2c(c1)OC(c1ccnc3ccsc13)C=N2. The summed E-state index contributed by atoms with van der Waals surface area (Å²) in [6.07, 6.45) is 3.32. The molecule has 0 radical (unpaired) electrons. The molecule has 1 unspecified atom stereocenters. The number of thiophene rings is 1. The first-order valence-electron chi connectivity index (χ1n) is 6.42. The molecule has 3 aromatic rings. The van der Waals surface area contributed by atoms with E-state index in [0.29, 0.717) is 11.3 Å². The third-order valence-electron chi connectivity index (χ3n) is 3.37. The van der Waals surface area contributed by atoms with Crippen LogP contribution in [-0.4, -0.2) is 11.2 Å². The van der Waals surface area contributed by atoms with E-state index in [-0.39, 0.29) is 6.10 Å². The molecule has 2 aromatic heterocycles. The Morgan fingerprint density at radius 1 is 1.24 bits per heavy atom. The number of aromatic nitrogens is 1. The highest BCUT2D eigenvalue weighted by molar-refractivity contribution is 7.17. The van der Waals surface area contributed by atoms with Gasteiger partial charge in [0.05, 0.1) is 28.1 Å². The molecule has 0 spiro atoms. The summed E-state index contributed by atoms with van der Waals surface area (Å²) in [7, 11) is 0. The van der Waals surface area contributed by atoms with Gasteiger partial charge in [-0.1, -0.05) is 0 Å². The summed E-state index contributed by atoms with van der Waals surface area (Å²) in [6.45, 7) is 0. The van der Waals surface area contributed by atoms with Gasteiger partial charge in [0.25, 0.3) is 0 Å². The van der Waals surface area contributed by atoms with Gasteiger partial charge in [-0.2, -0.15) is 5.26 Å². The van der Waals surface area contributed by atoms with Crippen LogP contribution in [0.4, 0.5) is 5.69 Å². The lowest BCUT2D eigenvalue weighted by Gasteiger charge is -2.21. The molecule has 3 heterocycles. The van der Waals surface area contributed by atoms with Gasteiger partial charge in [0.2, 0.25) is 0 Å². The van der Waals surface area contributed by atoms with E-state index >= 15 is 0 Å². The number of rotatable bonds is 1. The molecule has 1 aliphatic rings. The molecule has 0 saturated heterocycles. The number of nitrogens with zero attached hydrogens (tertiary/aromatic N) is 3. The molecule has 0 aliphatic carbocycles. The number of ether oxygens (including phenoxy) is 1. The fourth-order valence-corrected chi connectivity index (χ4v) is 3.26. The lowest BCUT2D eigenvalue weighted by atomic mass is 10.1. The second-order valence-electron chi connectivity index (χ2n) is 4.65. The molecule has 1 aliphatic heterocycles. The van der Waals surface area contributed by atoms with Crippen LogP contribution in [-0.2, 0) is 0 Å². The van der Waals surface area contributed by atoms with E-state index in [9.17, 15) is 0 Å². The second-order valence-corrected chi connectivity index (χ2v) is 5.56. The van der Waals surface area contributed by atoms with Crippen LogP contribution in [0.3, 0.4) is 0 Å². The predicted molar refractivity (Wildman–Crippen MR) is 82.3 cm³/mol. The van der Waals surface area contributed by atoms with Crippen molar-refractivity contribution in [3.63, 3.8) is 0 Å². The molecule has 1 atom stereocenters. The van der Waals surface area contributed by atoms with Crippen LogP contribution < -0.4 is 4.74 Å². The smallest absolute Gasteiger partial charge is 0.160 e. The third-order valence-corrected chi connectivity index (χ3v) is 4.33. The molecule has 0 fully saturated rings. The monoisotopic (exact) mass is 291 g/mol. The highest BCUT2D eigenvalue weighted by atomic mass is 32.1. The molecule has 5 heteroatoms. The minimum Gasteiger partial charge on any atom is -0.478 e. The summed E-state index contributed by atoms with van der Waals surface area (Å²) in [4.78, 5) is 8.78. The summed E-state index contributed by atoms with van der Waals surface area (Å²) in [6, 6.07) is 11.3. The molecular weight excluding hydrogens is 282 g/mol. The Balaban J connectivity index is 1.79. The predicted octanol–water partition coefficient (Wildman–Crippen LogP) is 4.00. The Morgan fingerprint density at radius 3 is 3.10 bits per heavy atom. The van der Waals surface area contributed by atoms with Crippen molar-refractivity contribution in [1.82, 2.24) is 4.98 Å². The van der Waals surface area contributed by atoms with E-state index in [0.717, 1.165) is 21.5 Å². The lowest BCUT2D eigenvalue weighted by Crippen LogP contribution is -2.12. The average Bonchev–Trinajstić information content (AvgIpc) is 3.02. The Morgan fingerprint density at radius 2 is 2.19 bits per heavy atom. The van der Waals surface area contributed by atoms with E-state index in [1.165, 1.54) is 0 Å². The van der Waals surface area contributed by atoms with Crippen molar-refractivity contribution in [2.75, 3.05) is 0 Å². The van der Waals surface area contributed by atoms with Crippen LogP contribution in [0.5, 0.6) is 5.75 Å². The summed E-state index contributed by atoms with van der Waals surface area (Å²) in [5.74, 6) is 0.642. The van der Waals surface area contributed by atoms with Gasteiger partial charge < -0.3 is 4.74 Å². The number of hydrogen-bond donors (Lipinski definition) is 0. The van der Waals surface area contributed by atoms with Gasteiger partial charge in [-0.25, -0.2) is 0 Å². The number of aliphatic imine (C=N–C) groups is 1. The normalized spacial score (nSPS) is 16.2. The van der Waals surface area contributed by atoms with Gasteiger partial charge in [-0.05, 0) is 29.6 Å². The second kappa shape index (κ2) is 4.69. The van der Waals surface area contributed by atoms with Gasteiger partial charge >= 0.3 is 0 Å². The van der Waals surface area contributed by atoms with Crippen LogP contribution >= 0.6 is 11.3 Å². The van der Waals surface area contributed by atoms with Gasteiger partial charge in [0.1, 0.15) is 11.4 Å². The molecule has 0 bridgehead atoms. The standard InChI is InChI=1S/C16H9N3OS/c17-8-10-1-2-12-14(7-10)20-15(9-19-12)11-3-5-18-13-4-6-21-16(11)13/h1-7,9,15H. The van der Waals surface area contributed by atoms with Crippen LogP contribution in [0.2, 0.25) is 0 Å². The van der Waals surface area contributed by atoms with E-state index in [1.807, 2.05) is 17.5 Å². The van der Waals surface area contributed by atoms with Gasteiger partial charge in [-0.3, -0.25) is 9.98 Å². The molecule has 0 amide bonds. The summed E-state index contributed by atoms with van der Waals surface area (Å²) >= 11 is 1.64. The quantitative estimate of drug-likeness (QED) is 0.680. The maximum atomic E-state index is 8.99. The van der Waals surface area contributed by atoms with Crippen molar-refractivity contribution < 1.29 is 4.74 Å². The minimum absolute atomic E-state index is 0.254. The molecule has 4 rings (SSSR count). The summed E-state index contributed by atoms with van der Waals surface area (Å²) < 4.78 is 7.12. The zero-order valence-corrected chi connectivity index (χ0v) is 11.7. The average molecular weight is 291 g/mol. The Hall–Kier alpha value is -2.71. The first-order chi connectivity index (χ1) is 10.3. The summed E-state index contributed by atoms with van der Waals surface area (Å²) in [5, 5.41) is 11.0. The van der Waals surface area contributed by atoms with E-state index < -0.39 is 0 Å². The van der Waals surface area contributed by atoms with Gasteiger partial charge in [-0.15, -0.1) is 11.3 Å². The molecule has 100 valence electrons. The summed E-state index contributed by atoms with van der Waals surface area (Å²) in [5.41, 5.74) is 3.33. The molecule has 4 nitrogen and oxygen atoms in total. The topological polar surface area (TPSA) is 58.3 Å². The fraction of sp³-hybridized carbons (Fsp3) is 0.0625. The van der Waals surface area contributed by atoms with Crippen molar-refractivity contribution in [3.05, 3.63) is 53.0 Å². The molecular formula is C16H9N3OS. The van der Waals surface area contributed by atoms with Crippen molar-refractivity contribution in [2.24, 2.45) is 4.99 Å². The fourth-order valence-electron chi connectivity index (χ4n) is 2.36. The van der Waals surface area contributed by atoms with Crippen LogP contribution in [0.15, 0.2) is 46.9 Å². The van der Waals surface area contributed by atoms with Crippen LogP contribution in [0, 0.1) is 11.3 Å². The minimum atomic E-state index is -0.254. The molecule has 0 N–H and O–H groups in total. The van der Waals surface area contributed by atoms with Crippen molar-refractivity contribution in [1.29, 1.82) is 5.26 Å². The maximum absolute atomic E-state index is 8.99. The first kappa shape index (κ1) is 12.1. The number of pyridine rings is 1. The highest BCUT2D eigenvalue weighted by Gasteiger charge is 2.20. The number of hydrogen-bond acceptors (Lipinski definition) is 5. The molecule has 0 saturated carbocycles. The molecule has 1 aromatic carbocycles. The maximum Gasteiger partial charge on any atom is 0.160 e. The Labute approximate surface area is 125 Å². The first-order valence-corrected chi connectivity index (χ1v) is 7.30. The highest BCUT2D eigenvalue weighted by Crippen LogP contribution is 2.37. The van der Waals surface area contributed by atoms with Crippen molar-refractivity contribution in [3.8, 4) is 11.8 Å². The zero-order chi connectivity index (χ0) is 14.2. The number of nitriles is 1. The van der Waals surface area contributed by atoms with Crippen molar-refractivity contribution >= 4 is 33.5 Å². The van der Waals surface area contributed by atoms with Crippen LogP contribution in [0.25, 0.3) is 10.2 Å². The molecule has 21 heavy (non-hydrogen) atoms. The zero-order valence-electron chi connectivity index (χ0n) is 10.9. The number of benzene rings is 1. The van der Waals surface area contributed by atoms with Gasteiger partial charge in [0.15, 0.2) is 6.10 Å². The van der Waals surface area contributed by atoms with E-state index in [4.69, 9.17) is 10.00 Å². The Bertz CT molecular complexity index is 907. The van der Waals surface area contributed by atoms with E-state index in [2.05, 4.69) is 16.0 Å². The van der Waals surface area contributed by atoms with Crippen LogP contribution in [0.1, 0.15) is 17.2 Å². The third kappa shape index (κ3) is 1.97. The Kier molecular flexibility index (Phi) is 2.69.